The Bertz CT molecular complexity index is 629. The molecule has 0 saturated heterocycles. The van der Waals surface area contributed by atoms with Gasteiger partial charge in [-0.2, -0.15) is 13.2 Å². The van der Waals surface area contributed by atoms with Crippen molar-refractivity contribution in [3.8, 4) is 0 Å². The Morgan fingerprint density at radius 3 is 2.21 bits per heavy atom. The number of hydrogen-bond donors (Lipinski definition) is 1. The van der Waals surface area contributed by atoms with Crippen molar-refractivity contribution < 1.29 is 18.3 Å². The quantitative estimate of drug-likeness (QED) is 0.872. The summed E-state index contributed by atoms with van der Waals surface area (Å²) in [6, 6.07) is 8.87. The molecule has 2 rings (SSSR count). The lowest BCUT2D eigenvalue weighted by Gasteiger charge is -2.27. The fourth-order valence-electron chi connectivity index (χ4n) is 2.55. The predicted octanol–water partition coefficient (Wildman–Crippen LogP) is 3.70. The van der Waals surface area contributed by atoms with Gasteiger partial charge in [-0.1, -0.05) is 12.1 Å². The van der Waals surface area contributed by atoms with Crippen molar-refractivity contribution in [3.63, 3.8) is 0 Å². The van der Waals surface area contributed by atoms with E-state index >= 15 is 0 Å². The highest BCUT2D eigenvalue weighted by Crippen LogP contribution is 2.29. The van der Waals surface area contributed by atoms with Crippen LogP contribution in [-0.4, -0.2) is 34.7 Å². The molecule has 3 nitrogen and oxygen atoms in total. The molecule has 6 heteroatoms. The third kappa shape index (κ3) is 5.04. The van der Waals surface area contributed by atoms with Crippen molar-refractivity contribution >= 4 is 0 Å². The Morgan fingerprint density at radius 2 is 1.67 bits per heavy atom. The summed E-state index contributed by atoms with van der Waals surface area (Å²) in [6.45, 7) is 2.45. The topological polar surface area (TPSA) is 36.4 Å². The Morgan fingerprint density at radius 1 is 1.08 bits per heavy atom. The molecule has 1 aromatic carbocycles. The van der Waals surface area contributed by atoms with Crippen molar-refractivity contribution in [3.05, 3.63) is 65.5 Å². The maximum Gasteiger partial charge on any atom is 0.416 e. The van der Waals surface area contributed by atoms with E-state index in [1.54, 1.807) is 12.4 Å². The molecule has 0 radical (unpaired) electrons. The number of aromatic nitrogens is 1. The number of benzene rings is 1. The van der Waals surface area contributed by atoms with Gasteiger partial charge in [-0.15, -0.1) is 0 Å². The number of pyridine rings is 1. The number of halogens is 3. The maximum absolute atomic E-state index is 12.5. The van der Waals surface area contributed by atoms with Gasteiger partial charge in [0.05, 0.1) is 11.7 Å². The summed E-state index contributed by atoms with van der Waals surface area (Å²) in [6.07, 6.45) is -1.24. The van der Waals surface area contributed by atoms with Crippen molar-refractivity contribution in [2.24, 2.45) is 0 Å². The molecule has 2 aromatic rings. The normalized spacial score (nSPS) is 14.6. The summed E-state index contributed by atoms with van der Waals surface area (Å²) in [5, 5.41) is 10.2. The van der Waals surface area contributed by atoms with Crippen LogP contribution >= 0.6 is 0 Å². The first-order valence-electron chi connectivity index (χ1n) is 7.71. The standard InChI is InChI=1S/C18H21F3N2O/c1-13(15-7-9-22-10-8-15)23(2)12-17(24)11-14-3-5-16(6-4-14)18(19,20)21/h3-10,13,17,24H,11-12H2,1-2H3. The molecule has 0 aliphatic rings. The summed E-state index contributed by atoms with van der Waals surface area (Å²) in [5.41, 5.74) is 1.10. The van der Waals surface area contributed by atoms with E-state index in [0.29, 0.717) is 18.5 Å². The van der Waals surface area contributed by atoms with E-state index < -0.39 is 17.8 Å². The van der Waals surface area contributed by atoms with Crippen LogP contribution in [-0.2, 0) is 12.6 Å². The van der Waals surface area contributed by atoms with Gasteiger partial charge in [0, 0.05) is 25.0 Å². The molecule has 0 amide bonds. The largest absolute Gasteiger partial charge is 0.416 e. The lowest BCUT2D eigenvalue weighted by Crippen LogP contribution is -2.32. The summed E-state index contributed by atoms with van der Waals surface area (Å²) in [4.78, 5) is 5.98. The van der Waals surface area contributed by atoms with Gasteiger partial charge in [0.1, 0.15) is 0 Å². The zero-order chi connectivity index (χ0) is 17.7. The summed E-state index contributed by atoms with van der Waals surface area (Å²) >= 11 is 0. The summed E-state index contributed by atoms with van der Waals surface area (Å²) in [7, 11) is 1.90. The van der Waals surface area contributed by atoms with E-state index in [1.165, 1.54) is 12.1 Å². The minimum atomic E-state index is -4.34. The molecular formula is C18H21F3N2O. The van der Waals surface area contributed by atoms with E-state index in [9.17, 15) is 18.3 Å². The first-order valence-corrected chi connectivity index (χ1v) is 7.71. The Kier molecular flexibility index (Phi) is 5.96. The highest BCUT2D eigenvalue weighted by Gasteiger charge is 2.30. The van der Waals surface area contributed by atoms with Gasteiger partial charge in [-0.05, 0) is 55.8 Å². The smallest absolute Gasteiger partial charge is 0.391 e. The number of rotatable bonds is 6. The van der Waals surface area contributed by atoms with Crippen molar-refractivity contribution in [2.75, 3.05) is 13.6 Å². The van der Waals surface area contributed by atoms with Crippen molar-refractivity contribution in [1.29, 1.82) is 0 Å². The lowest BCUT2D eigenvalue weighted by atomic mass is 10.0. The van der Waals surface area contributed by atoms with Crippen LogP contribution in [0.15, 0.2) is 48.8 Å². The highest BCUT2D eigenvalue weighted by molar-refractivity contribution is 5.25. The SMILES string of the molecule is CC(c1ccncc1)N(C)CC(O)Cc1ccc(C(F)(F)F)cc1. The van der Waals surface area contributed by atoms with Crippen LogP contribution in [0, 0.1) is 0 Å². The molecule has 0 spiro atoms. The fraction of sp³-hybridized carbons (Fsp3) is 0.389. The molecule has 0 saturated carbocycles. The van der Waals surface area contributed by atoms with Gasteiger partial charge in [-0.3, -0.25) is 9.88 Å². The van der Waals surface area contributed by atoms with Crippen LogP contribution < -0.4 is 0 Å². The molecule has 0 aliphatic carbocycles. The number of aliphatic hydroxyl groups is 1. The van der Waals surface area contributed by atoms with Gasteiger partial charge in [0.2, 0.25) is 0 Å². The van der Waals surface area contributed by atoms with Gasteiger partial charge >= 0.3 is 6.18 Å². The first-order chi connectivity index (χ1) is 11.3. The number of alkyl halides is 3. The number of aliphatic hydroxyl groups excluding tert-OH is 1. The molecular weight excluding hydrogens is 317 g/mol. The summed E-state index contributed by atoms with van der Waals surface area (Å²) < 4.78 is 37.6. The second kappa shape index (κ2) is 7.77. The molecule has 1 N–H and O–H groups in total. The zero-order valence-corrected chi connectivity index (χ0v) is 13.7. The van der Waals surface area contributed by atoms with E-state index in [0.717, 1.165) is 17.7 Å². The molecule has 0 aliphatic heterocycles. The van der Waals surface area contributed by atoms with Crippen LogP contribution in [0.3, 0.4) is 0 Å². The lowest BCUT2D eigenvalue weighted by molar-refractivity contribution is -0.137. The van der Waals surface area contributed by atoms with Crippen LogP contribution in [0.2, 0.25) is 0 Å². The van der Waals surface area contributed by atoms with Crippen molar-refractivity contribution in [1.82, 2.24) is 9.88 Å². The van der Waals surface area contributed by atoms with E-state index in [4.69, 9.17) is 0 Å². The average Bonchev–Trinajstić information content (AvgIpc) is 2.54. The van der Waals surface area contributed by atoms with Gasteiger partial charge in [0.25, 0.3) is 0 Å². The zero-order valence-electron chi connectivity index (χ0n) is 13.7. The van der Waals surface area contributed by atoms with Crippen LogP contribution in [0.4, 0.5) is 13.2 Å². The van der Waals surface area contributed by atoms with Crippen LogP contribution in [0.1, 0.15) is 29.7 Å². The molecule has 24 heavy (non-hydrogen) atoms. The summed E-state index contributed by atoms with van der Waals surface area (Å²) in [5.74, 6) is 0. The predicted molar refractivity (Wildman–Crippen MR) is 86.4 cm³/mol. The number of likely N-dealkylation sites (N-methyl/N-ethyl adjacent to an activating group) is 1. The third-order valence-electron chi connectivity index (χ3n) is 4.10. The molecule has 1 heterocycles. The third-order valence-corrected chi connectivity index (χ3v) is 4.10. The van der Waals surface area contributed by atoms with E-state index in [2.05, 4.69) is 4.98 Å². The van der Waals surface area contributed by atoms with Gasteiger partial charge in [0.15, 0.2) is 0 Å². The minimum absolute atomic E-state index is 0.107. The van der Waals surface area contributed by atoms with Crippen LogP contribution in [0.25, 0.3) is 0 Å². The molecule has 2 unspecified atom stereocenters. The monoisotopic (exact) mass is 338 g/mol. The second-order valence-corrected chi connectivity index (χ2v) is 5.95. The molecule has 130 valence electrons. The molecule has 2 atom stereocenters. The fourth-order valence-corrected chi connectivity index (χ4v) is 2.55. The minimum Gasteiger partial charge on any atom is -0.391 e. The first kappa shape index (κ1) is 18.4. The Labute approximate surface area is 139 Å². The van der Waals surface area contributed by atoms with Crippen molar-refractivity contribution in [2.45, 2.75) is 31.7 Å². The molecule has 0 bridgehead atoms. The number of hydrogen-bond acceptors (Lipinski definition) is 3. The van der Waals surface area contributed by atoms with Gasteiger partial charge in [-0.25, -0.2) is 0 Å². The highest BCUT2D eigenvalue weighted by atomic mass is 19.4. The number of nitrogens with zero attached hydrogens (tertiary/aromatic N) is 2. The average molecular weight is 338 g/mol. The van der Waals surface area contributed by atoms with Crippen LogP contribution in [0.5, 0.6) is 0 Å². The van der Waals surface area contributed by atoms with E-state index in [-0.39, 0.29) is 6.04 Å². The second-order valence-electron chi connectivity index (χ2n) is 5.95. The molecule has 1 aromatic heterocycles. The molecule has 0 fully saturated rings. The maximum atomic E-state index is 12.5. The Balaban J connectivity index is 1.91. The Hall–Kier alpha value is -1.92. The van der Waals surface area contributed by atoms with Gasteiger partial charge < -0.3 is 5.11 Å². The van der Waals surface area contributed by atoms with E-state index in [1.807, 2.05) is 31.0 Å².